The number of amides is 1. The molecule has 0 spiro atoms. The summed E-state index contributed by atoms with van der Waals surface area (Å²) in [5, 5.41) is 9.07. The summed E-state index contributed by atoms with van der Waals surface area (Å²) in [5.74, 6) is 0.389. The highest BCUT2D eigenvalue weighted by Gasteiger charge is 2.07. The number of hydrogen-bond donors (Lipinski definition) is 1. The largest absolute Gasteiger partial charge is 0.488 e. The minimum Gasteiger partial charge on any atom is -0.488 e. The maximum absolute atomic E-state index is 12.1. The Kier molecular flexibility index (Phi) is 7.37. The van der Waals surface area contributed by atoms with E-state index in [0.717, 1.165) is 26.5 Å². The fourth-order valence-electron chi connectivity index (χ4n) is 3.35. The summed E-state index contributed by atoms with van der Waals surface area (Å²) in [7, 11) is 0. The number of nitrogens with zero attached hydrogens (tertiary/aromatic N) is 1. The molecular formula is C27H23BrN2O3. The smallest absolute Gasteiger partial charge is 0.265 e. The molecule has 0 fully saturated rings. The van der Waals surface area contributed by atoms with Crippen LogP contribution in [-0.2, 0) is 16.2 Å². The highest BCUT2D eigenvalue weighted by atomic mass is 79.9. The van der Waals surface area contributed by atoms with E-state index in [2.05, 4.69) is 50.7 Å². The molecule has 0 bridgehead atoms. The molecular weight excluding hydrogens is 480 g/mol. The van der Waals surface area contributed by atoms with Gasteiger partial charge in [-0.15, -0.1) is 0 Å². The number of carbonyl (C=O) groups excluding carboxylic acids is 1. The SMILES string of the molecule is Cc1ccc(NC(=O)CO/N=C/c2cc(Br)ccc2OCc2cccc3ccccc23)cc1. The average Bonchev–Trinajstić information content (AvgIpc) is 2.83. The van der Waals surface area contributed by atoms with Crippen molar-refractivity contribution in [3.05, 3.63) is 106 Å². The van der Waals surface area contributed by atoms with Crippen LogP contribution in [0.25, 0.3) is 10.8 Å². The van der Waals surface area contributed by atoms with Gasteiger partial charge in [0.25, 0.3) is 5.91 Å². The minimum absolute atomic E-state index is 0.190. The first-order valence-electron chi connectivity index (χ1n) is 10.5. The van der Waals surface area contributed by atoms with Gasteiger partial charge in [-0.1, -0.05) is 81.2 Å². The van der Waals surface area contributed by atoms with E-state index in [1.165, 1.54) is 5.39 Å². The van der Waals surface area contributed by atoms with Gasteiger partial charge >= 0.3 is 0 Å². The summed E-state index contributed by atoms with van der Waals surface area (Å²) in [4.78, 5) is 17.3. The van der Waals surface area contributed by atoms with E-state index in [-0.39, 0.29) is 12.5 Å². The standard InChI is InChI=1S/C27H23BrN2O3/c1-19-9-12-24(13-10-19)30-27(31)18-33-29-16-22-15-23(28)11-14-26(22)32-17-21-7-4-6-20-5-2-3-8-25(20)21/h2-16H,17-18H2,1H3,(H,30,31)/b29-16+. The number of hydrogen-bond acceptors (Lipinski definition) is 4. The maximum Gasteiger partial charge on any atom is 0.265 e. The fraction of sp³-hybridized carbons (Fsp3) is 0.111. The number of anilines is 1. The molecule has 0 aliphatic rings. The Bertz CT molecular complexity index is 1280. The molecule has 4 rings (SSSR count). The van der Waals surface area contributed by atoms with Gasteiger partial charge in [-0.2, -0.15) is 0 Å². The zero-order chi connectivity index (χ0) is 23.0. The van der Waals surface area contributed by atoms with Gasteiger partial charge in [-0.25, -0.2) is 0 Å². The van der Waals surface area contributed by atoms with E-state index < -0.39 is 0 Å². The lowest BCUT2D eigenvalue weighted by atomic mass is 10.1. The Morgan fingerprint density at radius 2 is 1.79 bits per heavy atom. The number of ether oxygens (including phenoxy) is 1. The maximum atomic E-state index is 12.1. The van der Waals surface area contributed by atoms with Gasteiger partial charge < -0.3 is 14.9 Å². The number of aryl methyl sites for hydroxylation is 1. The van der Waals surface area contributed by atoms with Crippen LogP contribution in [0.4, 0.5) is 5.69 Å². The number of benzene rings is 4. The highest BCUT2D eigenvalue weighted by Crippen LogP contribution is 2.25. The Hall–Kier alpha value is -3.64. The van der Waals surface area contributed by atoms with Crippen molar-refractivity contribution in [1.29, 1.82) is 0 Å². The van der Waals surface area contributed by atoms with Gasteiger partial charge in [-0.05, 0) is 53.6 Å². The highest BCUT2D eigenvalue weighted by molar-refractivity contribution is 9.10. The molecule has 1 N–H and O–H groups in total. The first-order chi connectivity index (χ1) is 16.1. The summed E-state index contributed by atoms with van der Waals surface area (Å²) in [6.45, 7) is 2.22. The predicted molar refractivity (Wildman–Crippen MR) is 136 cm³/mol. The third-order valence-electron chi connectivity index (χ3n) is 5.03. The zero-order valence-electron chi connectivity index (χ0n) is 18.1. The lowest BCUT2D eigenvalue weighted by Crippen LogP contribution is -2.16. The molecule has 0 atom stereocenters. The predicted octanol–water partition coefficient (Wildman–Crippen LogP) is 6.48. The van der Waals surface area contributed by atoms with Crippen LogP contribution in [0.1, 0.15) is 16.7 Å². The van der Waals surface area contributed by atoms with Crippen LogP contribution < -0.4 is 10.1 Å². The summed E-state index contributed by atoms with van der Waals surface area (Å²) < 4.78 is 6.99. The molecule has 0 saturated carbocycles. The molecule has 4 aromatic rings. The molecule has 0 aliphatic heterocycles. The second kappa shape index (κ2) is 10.8. The molecule has 0 aliphatic carbocycles. The Balaban J connectivity index is 1.37. The van der Waals surface area contributed by atoms with E-state index in [4.69, 9.17) is 9.57 Å². The van der Waals surface area contributed by atoms with Gasteiger partial charge in [0.05, 0.1) is 6.21 Å². The van der Waals surface area contributed by atoms with Crippen molar-refractivity contribution in [2.75, 3.05) is 11.9 Å². The summed E-state index contributed by atoms with van der Waals surface area (Å²) >= 11 is 3.48. The topological polar surface area (TPSA) is 59.9 Å². The van der Waals surface area contributed by atoms with Crippen LogP contribution in [0, 0.1) is 6.92 Å². The lowest BCUT2D eigenvalue weighted by molar-refractivity contribution is -0.120. The summed E-state index contributed by atoms with van der Waals surface area (Å²) in [6.07, 6.45) is 1.54. The molecule has 6 heteroatoms. The first-order valence-corrected chi connectivity index (χ1v) is 11.3. The molecule has 33 heavy (non-hydrogen) atoms. The minimum atomic E-state index is -0.280. The van der Waals surface area contributed by atoms with E-state index in [0.29, 0.717) is 18.0 Å². The molecule has 0 saturated heterocycles. The number of halogens is 1. The molecule has 0 heterocycles. The normalized spacial score (nSPS) is 11.0. The molecule has 4 aromatic carbocycles. The van der Waals surface area contributed by atoms with Gasteiger partial charge in [0.1, 0.15) is 12.4 Å². The third kappa shape index (κ3) is 6.20. The van der Waals surface area contributed by atoms with Crippen molar-refractivity contribution in [1.82, 2.24) is 0 Å². The zero-order valence-corrected chi connectivity index (χ0v) is 19.7. The first kappa shape index (κ1) is 22.6. The van der Waals surface area contributed by atoms with E-state index >= 15 is 0 Å². The van der Waals surface area contributed by atoms with E-state index in [1.54, 1.807) is 6.21 Å². The van der Waals surface area contributed by atoms with E-state index in [1.807, 2.05) is 67.6 Å². The molecule has 5 nitrogen and oxygen atoms in total. The second-order valence-electron chi connectivity index (χ2n) is 7.53. The van der Waals surface area contributed by atoms with Crippen LogP contribution in [0.15, 0.2) is 94.6 Å². The molecule has 0 radical (unpaired) electrons. The average molecular weight is 503 g/mol. The Labute approximate surface area is 201 Å². The van der Waals surface area contributed by atoms with Crippen molar-refractivity contribution in [2.45, 2.75) is 13.5 Å². The van der Waals surface area contributed by atoms with Crippen LogP contribution >= 0.6 is 15.9 Å². The summed E-state index contributed by atoms with van der Waals surface area (Å²) in [6, 6.07) is 27.6. The monoisotopic (exact) mass is 502 g/mol. The van der Waals surface area contributed by atoms with Crippen molar-refractivity contribution < 1.29 is 14.4 Å². The number of carbonyl (C=O) groups is 1. The number of nitrogens with one attached hydrogen (secondary N) is 1. The van der Waals surface area contributed by atoms with Gasteiger partial charge in [0, 0.05) is 15.7 Å². The van der Waals surface area contributed by atoms with Crippen molar-refractivity contribution >= 4 is 44.5 Å². The Morgan fingerprint density at radius 3 is 2.64 bits per heavy atom. The van der Waals surface area contributed by atoms with Gasteiger partial charge in [-0.3, -0.25) is 4.79 Å². The second-order valence-corrected chi connectivity index (χ2v) is 8.45. The molecule has 166 valence electrons. The van der Waals surface area contributed by atoms with Gasteiger partial charge in [0.2, 0.25) is 0 Å². The van der Waals surface area contributed by atoms with Gasteiger partial charge in [0.15, 0.2) is 6.61 Å². The lowest BCUT2D eigenvalue weighted by Gasteiger charge is -2.11. The van der Waals surface area contributed by atoms with Crippen LogP contribution in [0.5, 0.6) is 5.75 Å². The van der Waals surface area contributed by atoms with Crippen LogP contribution in [0.2, 0.25) is 0 Å². The van der Waals surface area contributed by atoms with Crippen molar-refractivity contribution in [3.63, 3.8) is 0 Å². The Morgan fingerprint density at radius 1 is 1.00 bits per heavy atom. The molecule has 1 amide bonds. The number of rotatable bonds is 8. The van der Waals surface area contributed by atoms with E-state index in [9.17, 15) is 4.79 Å². The van der Waals surface area contributed by atoms with Crippen molar-refractivity contribution in [2.24, 2.45) is 5.16 Å². The number of oxime groups is 1. The van der Waals surface area contributed by atoms with Crippen molar-refractivity contribution in [3.8, 4) is 5.75 Å². The molecule has 0 aromatic heterocycles. The molecule has 0 unspecified atom stereocenters. The number of fused-ring (bicyclic) bond motifs is 1. The van der Waals surface area contributed by atoms with Crippen LogP contribution in [0.3, 0.4) is 0 Å². The van der Waals surface area contributed by atoms with Crippen LogP contribution in [-0.4, -0.2) is 18.7 Å². The summed E-state index contributed by atoms with van der Waals surface area (Å²) in [5.41, 5.74) is 3.68. The quantitative estimate of drug-likeness (QED) is 0.221. The third-order valence-corrected chi connectivity index (χ3v) is 5.53. The fourth-order valence-corrected chi connectivity index (χ4v) is 3.73.